The van der Waals surface area contributed by atoms with Crippen molar-refractivity contribution in [2.45, 2.75) is 38.6 Å². The molecule has 0 saturated heterocycles. The van der Waals surface area contributed by atoms with Crippen molar-refractivity contribution in [1.82, 2.24) is 0 Å². The topological polar surface area (TPSA) is 44.5 Å². The fraction of sp³-hybridized carbons (Fsp3) is 0.600. The molecule has 1 aliphatic heterocycles. The first-order chi connectivity index (χ1) is 8.65. The van der Waals surface area contributed by atoms with Crippen LogP contribution in [0.1, 0.15) is 49.8 Å². The molecule has 0 spiro atoms. The fourth-order valence-electron chi connectivity index (χ4n) is 2.82. The van der Waals surface area contributed by atoms with Crippen molar-refractivity contribution in [1.29, 1.82) is 0 Å². The molecule has 1 aliphatic carbocycles. The van der Waals surface area contributed by atoms with E-state index in [2.05, 4.69) is 26.0 Å². The first kappa shape index (κ1) is 11.8. The molecule has 98 valence electrons. The standard InChI is InChI=1S/C15H21NO2/c1-9-7-17-14-5-11-10(2)3-4-13(16)12(11)6-15(14)18-8-9/h5-6,9-10,13H,3-4,7-8,16H2,1-2H3/t9?,10?,13-/m1/s1. The quantitative estimate of drug-likeness (QED) is 0.766. The molecular weight excluding hydrogens is 226 g/mol. The SMILES string of the molecule is CC1COc2cc3c(cc2OC1)[C@H](N)CCC3C. The van der Waals surface area contributed by atoms with Crippen LogP contribution in [0.25, 0.3) is 0 Å². The molecule has 3 rings (SSSR count). The minimum absolute atomic E-state index is 0.144. The molecule has 18 heavy (non-hydrogen) atoms. The molecule has 1 heterocycles. The van der Waals surface area contributed by atoms with Crippen molar-refractivity contribution in [3.8, 4) is 11.5 Å². The molecule has 0 radical (unpaired) electrons. The van der Waals surface area contributed by atoms with E-state index in [1.165, 1.54) is 11.1 Å². The van der Waals surface area contributed by atoms with E-state index in [1.807, 2.05) is 0 Å². The number of fused-ring (bicyclic) bond motifs is 2. The average molecular weight is 247 g/mol. The number of hydrogen-bond donors (Lipinski definition) is 1. The van der Waals surface area contributed by atoms with E-state index in [4.69, 9.17) is 15.2 Å². The van der Waals surface area contributed by atoms with Crippen LogP contribution in [0.2, 0.25) is 0 Å². The summed E-state index contributed by atoms with van der Waals surface area (Å²) < 4.78 is 11.7. The van der Waals surface area contributed by atoms with E-state index in [0.717, 1.165) is 37.6 Å². The summed E-state index contributed by atoms with van der Waals surface area (Å²) >= 11 is 0. The number of benzene rings is 1. The van der Waals surface area contributed by atoms with Gasteiger partial charge in [0.05, 0.1) is 13.2 Å². The summed E-state index contributed by atoms with van der Waals surface area (Å²) in [5.41, 5.74) is 8.79. The third-order valence-corrected chi connectivity index (χ3v) is 4.04. The van der Waals surface area contributed by atoms with Gasteiger partial charge in [-0.3, -0.25) is 0 Å². The molecule has 1 aromatic rings. The fourth-order valence-corrected chi connectivity index (χ4v) is 2.82. The van der Waals surface area contributed by atoms with Gasteiger partial charge in [0.1, 0.15) is 0 Å². The van der Waals surface area contributed by atoms with E-state index in [9.17, 15) is 0 Å². The summed E-state index contributed by atoms with van der Waals surface area (Å²) in [6.07, 6.45) is 2.22. The Labute approximate surface area is 108 Å². The summed E-state index contributed by atoms with van der Waals surface area (Å²) in [5, 5.41) is 0. The van der Waals surface area contributed by atoms with Crippen LogP contribution in [-0.2, 0) is 0 Å². The molecule has 0 fully saturated rings. The highest BCUT2D eigenvalue weighted by atomic mass is 16.5. The van der Waals surface area contributed by atoms with Crippen LogP contribution in [0.3, 0.4) is 0 Å². The highest BCUT2D eigenvalue weighted by molar-refractivity contribution is 5.50. The largest absolute Gasteiger partial charge is 0.489 e. The lowest BCUT2D eigenvalue weighted by Gasteiger charge is -2.28. The lowest BCUT2D eigenvalue weighted by atomic mass is 9.81. The second-order valence-electron chi connectivity index (χ2n) is 5.74. The maximum atomic E-state index is 6.21. The molecule has 3 atom stereocenters. The van der Waals surface area contributed by atoms with Crippen LogP contribution in [0.4, 0.5) is 0 Å². The van der Waals surface area contributed by atoms with E-state index in [1.54, 1.807) is 0 Å². The third kappa shape index (κ3) is 1.97. The normalized spacial score (nSPS) is 30.5. The summed E-state index contributed by atoms with van der Waals surface area (Å²) in [5.74, 6) is 2.75. The van der Waals surface area contributed by atoms with E-state index < -0.39 is 0 Å². The van der Waals surface area contributed by atoms with Crippen molar-refractivity contribution in [3.05, 3.63) is 23.3 Å². The zero-order valence-corrected chi connectivity index (χ0v) is 11.1. The maximum absolute atomic E-state index is 6.21. The Bertz CT molecular complexity index is 417. The Morgan fingerprint density at radius 3 is 2.28 bits per heavy atom. The van der Waals surface area contributed by atoms with Crippen LogP contribution in [0.15, 0.2) is 12.1 Å². The molecule has 3 heteroatoms. The second kappa shape index (κ2) is 4.47. The zero-order chi connectivity index (χ0) is 12.7. The molecule has 1 aromatic carbocycles. The maximum Gasteiger partial charge on any atom is 0.161 e. The number of hydrogen-bond acceptors (Lipinski definition) is 3. The molecular formula is C15H21NO2. The summed E-state index contributed by atoms with van der Waals surface area (Å²) in [6, 6.07) is 4.39. The van der Waals surface area contributed by atoms with E-state index in [-0.39, 0.29) is 6.04 Å². The van der Waals surface area contributed by atoms with Crippen molar-refractivity contribution >= 4 is 0 Å². The van der Waals surface area contributed by atoms with Crippen LogP contribution in [0.5, 0.6) is 11.5 Å². The highest BCUT2D eigenvalue weighted by Gasteiger charge is 2.26. The van der Waals surface area contributed by atoms with Crippen molar-refractivity contribution in [3.63, 3.8) is 0 Å². The Morgan fingerprint density at radius 1 is 1.00 bits per heavy atom. The van der Waals surface area contributed by atoms with Crippen LogP contribution in [0, 0.1) is 5.92 Å². The van der Waals surface area contributed by atoms with Gasteiger partial charge in [0, 0.05) is 12.0 Å². The summed E-state index contributed by atoms with van der Waals surface area (Å²) in [4.78, 5) is 0. The Balaban J connectivity index is 2.04. The highest BCUT2D eigenvalue weighted by Crippen LogP contribution is 2.43. The minimum Gasteiger partial charge on any atom is -0.489 e. The van der Waals surface area contributed by atoms with E-state index in [0.29, 0.717) is 11.8 Å². The van der Waals surface area contributed by atoms with Gasteiger partial charge in [-0.25, -0.2) is 0 Å². The average Bonchev–Trinajstić information content (AvgIpc) is 2.55. The lowest BCUT2D eigenvalue weighted by Crippen LogP contribution is -2.19. The van der Waals surface area contributed by atoms with Crippen LogP contribution < -0.4 is 15.2 Å². The van der Waals surface area contributed by atoms with Crippen LogP contribution in [-0.4, -0.2) is 13.2 Å². The van der Waals surface area contributed by atoms with Crippen molar-refractivity contribution < 1.29 is 9.47 Å². The number of ether oxygens (including phenoxy) is 2. The predicted molar refractivity (Wildman–Crippen MR) is 71.2 cm³/mol. The molecule has 3 nitrogen and oxygen atoms in total. The van der Waals surface area contributed by atoms with Gasteiger partial charge in [0.2, 0.25) is 0 Å². The van der Waals surface area contributed by atoms with E-state index >= 15 is 0 Å². The smallest absolute Gasteiger partial charge is 0.161 e. The second-order valence-corrected chi connectivity index (χ2v) is 5.74. The van der Waals surface area contributed by atoms with Gasteiger partial charge in [0.15, 0.2) is 11.5 Å². The minimum atomic E-state index is 0.144. The van der Waals surface area contributed by atoms with Crippen LogP contribution >= 0.6 is 0 Å². The lowest BCUT2D eigenvalue weighted by molar-refractivity contribution is 0.228. The predicted octanol–water partition coefficient (Wildman–Crippen LogP) is 2.99. The third-order valence-electron chi connectivity index (χ3n) is 4.04. The summed E-state index contributed by atoms with van der Waals surface area (Å²) in [7, 11) is 0. The van der Waals surface area contributed by atoms with Gasteiger partial charge in [0.25, 0.3) is 0 Å². The van der Waals surface area contributed by atoms with Crippen molar-refractivity contribution in [2.24, 2.45) is 11.7 Å². The van der Waals surface area contributed by atoms with Crippen molar-refractivity contribution in [2.75, 3.05) is 13.2 Å². The van der Waals surface area contributed by atoms with Gasteiger partial charge < -0.3 is 15.2 Å². The van der Waals surface area contributed by atoms with Gasteiger partial charge in [-0.2, -0.15) is 0 Å². The van der Waals surface area contributed by atoms with Gasteiger partial charge in [-0.15, -0.1) is 0 Å². The zero-order valence-electron chi connectivity index (χ0n) is 11.1. The molecule has 2 unspecified atom stereocenters. The molecule has 0 amide bonds. The van der Waals surface area contributed by atoms with Gasteiger partial charge in [-0.05, 0) is 42.0 Å². The molecule has 0 saturated carbocycles. The van der Waals surface area contributed by atoms with Gasteiger partial charge >= 0.3 is 0 Å². The summed E-state index contributed by atoms with van der Waals surface area (Å²) in [6.45, 7) is 5.85. The number of rotatable bonds is 0. The first-order valence-corrected chi connectivity index (χ1v) is 6.84. The first-order valence-electron chi connectivity index (χ1n) is 6.84. The molecule has 0 aromatic heterocycles. The Hall–Kier alpha value is -1.22. The number of nitrogens with two attached hydrogens (primary N) is 1. The molecule has 2 N–H and O–H groups in total. The monoisotopic (exact) mass is 247 g/mol. The molecule has 0 bridgehead atoms. The van der Waals surface area contributed by atoms with Gasteiger partial charge in [-0.1, -0.05) is 13.8 Å². The Morgan fingerprint density at radius 2 is 1.61 bits per heavy atom. The Kier molecular flexibility index (Phi) is 2.94. The molecule has 2 aliphatic rings.